The molecule has 1 amide bonds. The molecular weight excluding hydrogens is 348 g/mol. The molecule has 0 bridgehead atoms. The van der Waals surface area contributed by atoms with Crippen LogP contribution in [0.1, 0.15) is 18.9 Å². The third kappa shape index (κ3) is 4.45. The summed E-state index contributed by atoms with van der Waals surface area (Å²) in [4.78, 5) is 21.6. The summed E-state index contributed by atoms with van der Waals surface area (Å²) in [5.74, 6) is 0.582. The topological polar surface area (TPSA) is 68.9 Å². The molecule has 0 radical (unpaired) electrons. The standard InChI is InChI=1S/C19H22N4O2S/c1-2-25-16-7-4-3-6-15(16)14-17-18(24)21-19(26-17)23-12-10-22(11-13-23)9-5-8-20/h3-4,6-7,14H,2,5,9-13H2,1H3/b17-14+. The first kappa shape index (κ1) is 18.5. The van der Waals surface area contributed by atoms with Crippen molar-refractivity contribution in [2.75, 3.05) is 39.3 Å². The number of rotatable bonds is 5. The van der Waals surface area contributed by atoms with E-state index >= 15 is 0 Å². The van der Waals surface area contributed by atoms with Gasteiger partial charge in [0.1, 0.15) is 5.75 Å². The first-order chi connectivity index (χ1) is 12.7. The number of nitrogens with zero attached hydrogens (tertiary/aromatic N) is 4. The molecule has 0 atom stereocenters. The number of carbonyl (C=O) groups is 1. The highest BCUT2D eigenvalue weighted by Crippen LogP contribution is 2.32. The van der Waals surface area contributed by atoms with E-state index in [4.69, 9.17) is 10.00 Å². The summed E-state index contributed by atoms with van der Waals surface area (Å²) in [5.41, 5.74) is 0.892. The minimum atomic E-state index is -0.191. The van der Waals surface area contributed by atoms with Crippen LogP contribution >= 0.6 is 11.8 Å². The maximum Gasteiger partial charge on any atom is 0.286 e. The van der Waals surface area contributed by atoms with Gasteiger partial charge in [-0.1, -0.05) is 18.2 Å². The number of nitriles is 1. The molecule has 0 saturated carbocycles. The molecule has 0 aromatic heterocycles. The molecule has 1 fully saturated rings. The first-order valence-electron chi connectivity index (χ1n) is 8.80. The number of piperazine rings is 1. The number of thioether (sulfide) groups is 1. The predicted molar refractivity (Wildman–Crippen MR) is 104 cm³/mol. The molecule has 0 unspecified atom stereocenters. The van der Waals surface area contributed by atoms with Crippen LogP contribution < -0.4 is 4.74 Å². The zero-order chi connectivity index (χ0) is 18.4. The Balaban J connectivity index is 1.64. The van der Waals surface area contributed by atoms with Crippen LogP contribution in [-0.4, -0.2) is 60.2 Å². The highest BCUT2D eigenvalue weighted by atomic mass is 32.2. The Hall–Kier alpha value is -2.30. The smallest absolute Gasteiger partial charge is 0.286 e. The lowest BCUT2D eigenvalue weighted by molar-refractivity contribution is -0.113. The predicted octanol–water partition coefficient (Wildman–Crippen LogP) is 2.59. The monoisotopic (exact) mass is 370 g/mol. The summed E-state index contributed by atoms with van der Waals surface area (Å²) in [5, 5.41) is 9.47. The van der Waals surface area contributed by atoms with Crippen LogP contribution in [0.3, 0.4) is 0 Å². The van der Waals surface area contributed by atoms with Crippen LogP contribution in [0.25, 0.3) is 6.08 Å². The average Bonchev–Trinajstić information content (AvgIpc) is 3.03. The maximum absolute atomic E-state index is 12.3. The van der Waals surface area contributed by atoms with Crippen molar-refractivity contribution in [2.45, 2.75) is 13.3 Å². The van der Waals surface area contributed by atoms with Crippen LogP contribution in [0, 0.1) is 11.3 Å². The number of benzene rings is 1. The second-order valence-corrected chi connectivity index (χ2v) is 7.03. The van der Waals surface area contributed by atoms with Gasteiger partial charge in [0, 0.05) is 44.7 Å². The summed E-state index contributed by atoms with van der Waals surface area (Å²) < 4.78 is 5.63. The molecule has 0 aliphatic carbocycles. The summed E-state index contributed by atoms with van der Waals surface area (Å²) in [6.07, 6.45) is 2.41. The number of para-hydroxylation sites is 1. The van der Waals surface area contributed by atoms with Gasteiger partial charge in [-0.3, -0.25) is 9.69 Å². The highest BCUT2D eigenvalue weighted by Gasteiger charge is 2.28. The molecule has 0 N–H and O–H groups in total. The Bertz CT molecular complexity index is 761. The van der Waals surface area contributed by atoms with Gasteiger partial charge in [0.05, 0.1) is 17.6 Å². The summed E-state index contributed by atoms with van der Waals surface area (Å²) >= 11 is 1.43. The summed E-state index contributed by atoms with van der Waals surface area (Å²) in [6, 6.07) is 9.88. The van der Waals surface area contributed by atoms with Crippen molar-refractivity contribution in [1.29, 1.82) is 5.26 Å². The van der Waals surface area contributed by atoms with Gasteiger partial charge < -0.3 is 9.64 Å². The number of aliphatic imine (C=N–C) groups is 1. The normalized spacial score (nSPS) is 19.5. The van der Waals surface area contributed by atoms with Gasteiger partial charge in [0.15, 0.2) is 5.17 Å². The number of amidine groups is 1. The van der Waals surface area contributed by atoms with E-state index in [0.717, 1.165) is 49.2 Å². The molecule has 2 aliphatic heterocycles. The van der Waals surface area contributed by atoms with Crippen LogP contribution in [0.4, 0.5) is 0 Å². The van der Waals surface area contributed by atoms with E-state index in [0.29, 0.717) is 17.9 Å². The van der Waals surface area contributed by atoms with Crippen molar-refractivity contribution in [1.82, 2.24) is 9.80 Å². The molecule has 2 heterocycles. The van der Waals surface area contributed by atoms with E-state index in [2.05, 4.69) is 20.9 Å². The Labute approximate surface area is 158 Å². The molecule has 6 nitrogen and oxygen atoms in total. The number of ether oxygens (including phenoxy) is 1. The number of hydrogen-bond acceptors (Lipinski definition) is 6. The number of amides is 1. The van der Waals surface area contributed by atoms with E-state index in [-0.39, 0.29) is 5.91 Å². The molecule has 1 aromatic rings. The fourth-order valence-electron chi connectivity index (χ4n) is 2.93. The highest BCUT2D eigenvalue weighted by molar-refractivity contribution is 8.18. The van der Waals surface area contributed by atoms with Gasteiger partial charge in [-0.05, 0) is 30.8 Å². The van der Waals surface area contributed by atoms with E-state index < -0.39 is 0 Å². The van der Waals surface area contributed by atoms with Gasteiger partial charge in [0.2, 0.25) is 0 Å². The molecule has 26 heavy (non-hydrogen) atoms. The molecule has 1 aromatic carbocycles. The van der Waals surface area contributed by atoms with Crippen molar-refractivity contribution >= 4 is 28.9 Å². The zero-order valence-corrected chi connectivity index (χ0v) is 15.7. The van der Waals surface area contributed by atoms with Gasteiger partial charge in [-0.25, -0.2) is 0 Å². The Morgan fingerprint density at radius 1 is 1.31 bits per heavy atom. The Morgan fingerprint density at radius 3 is 2.81 bits per heavy atom. The van der Waals surface area contributed by atoms with Gasteiger partial charge in [-0.15, -0.1) is 0 Å². The molecule has 7 heteroatoms. The van der Waals surface area contributed by atoms with E-state index in [9.17, 15) is 4.79 Å². The minimum Gasteiger partial charge on any atom is -0.493 e. The summed E-state index contributed by atoms with van der Waals surface area (Å²) in [6.45, 7) is 6.77. The van der Waals surface area contributed by atoms with Crippen LogP contribution in [-0.2, 0) is 4.79 Å². The maximum atomic E-state index is 12.3. The van der Waals surface area contributed by atoms with E-state index in [1.807, 2.05) is 37.3 Å². The first-order valence-corrected chi connectivity index (χ1v) is 9.61. The SMILES string of the molecule is CCOc1ccccc1/C=C1/SC(N2CCN(CCC#N)CC2)=NC1=O. The molecule has 136 valence electrons. The lowest BCUT2D eigenvalue weighted by atomic mass is 10.2. The van der Waals surface area contributed by atoms with Crippen molar-refractivity contribution in [2.24, 2.45) is 4.99 Å². The second kappa shape index (κ2) is 8.88. The van der Waals surface area contributed by atoms with Crippen molar-refractivity contribution in [3.8, 4) is 11.8 Å². The Morgan fingerprint density at radius 2 is 2.08 bits per heavy atom. The number of carbonyl (C=O) groups excluding carboxylic acids is 1. The van der Waals surface area contributed by atoms with Crippen molar-refractivity contribution in [3.05, 3.63) is 34.7 Å². The minimum absolute atomic E-state index is 0.191. The average molecular weight is 370 g/mol. The van der Waals surface area contributed by atoms with Gasteiger partial charge >= 0.3 is 0 Å². The fourth-order valence-corrected chi connectivity index (χ4v) is 3.89. The van der Waals surface area contributed by atoms with E-state index in [1.165, 1.54) is 11.8 Å². The van der Waals surface area contributed by atoms with Crippen molar-refractivity contribution in [3.63, 3.8) is 0 Å². The third-order valence-corrected chi connectivity index (χ3v) is 5.34. The van der Waals surface area contributed by atoms with Gasteiger partial charge in [-0.2, -0.15) is 10.3 Å². The fraction of sp³-hybridized carbons (Fsp3) is 0.421. The molecule has 3 rings (SSSR count). The largest absolute Gasteiger partial charge is 0.493 e. The van der Waals surface area contributed by atoms with Crippen LogP contribution in [0.15, 0.2) is 34.2 Å². The molecular formula is C19H22N4O2S. The molecule has 2 aliphatic rings. The number of hydrogen-bond donors (Lipinski definition) is 0. The summed E-state index contributed by atoms with van der Waals surface area (Å²) in [7, 11) is 0. The lowest BCUT2D eigenvalue weighted by Crippen LogP contribution is -2.47. The quantitative estimate of drug-likeness (QED) is 0.742. The van der Waals surface area contributed by atoms with Crippen LogP contribution in [0.2, 0.25) is 0 Å². The second-order valence-electron chi connectivity index (χ2n) is 6.02. The molecule has 0 spiro atoms. The third-order valence-electron chi connectivity index (χ3n) is 4.30. The molecule has 1 saturated heterocycles. The van der Waals surface area contributed by atoms with E-state index in [1.54, 1.807) is 0 Å². The van der Waals surface area contributed by atoms with Crippen LogP contribution in [0.5, 0.6) is 5.75 Å². The van der Waals surface area contributed by atoms with Gasteiger partial charge in [0.25, 0.3) is 5.91 Å². The van der Waals surface area contributed by atoms with Crippen molar-refractivity contribution < 1.29 is 9.53 Å². The Kier molecular flexibility index (Phi) is 6.31. The zero-order valence-electron chi connectivity index (χ0n) is 14.9. The lowest BCUT2D eigenvalue weighted by Gasteiger charge is -2.34.